The van der Waals surface area contributed by atoms with Crippen LogP contribution in [-0.4, -0.2) is 12.0 Å². The Morgan fingerprint density at radius 3 is 2.58 bits per heavy atom. The number of nitriles is 1. The molecule has 0 spiro atoms. The molecule has 1 N–H and O–H groups in total. The molecule has 0 fully saturated rings. The van der Waals surface area contributed by atoms with Crippen molar-refractivity contribution in [1.82, 2.24) is 4.98 Å². The van der Waals surface area contributed by atoms with Crippen molar-refractivity contribution in [1.29, 1.82) is 5.26 Å². The highest BCUT2D eigenvalue weighted by Gasteiger charge is 2.03. The van der Waals surface area contributed by atoms with Gasteiger partial charge in [0.15, 0.2) is 0 Å². The van der Waals surface area contributed by atoms with E-state index in [-0.39, 0.29) is 0 Å². The average molecular weight is 161 g/mol. The molecule has 0 radical (unpaired) electrons. The average Bonchev–Trinajstić information content (AvgIpc) is 2.03. The van der Waals surface area contributed by atoms with Crippen molar-refractivity contribution in [3.05, 3.63) is 22.9 Å². The van der Waals surface area contributed by atoms with Crippen LogP contribution in [0.2, 0.25) is 0 Å². The fourth-order valence-electron chi connectivity index (χ4n) is 1.13. The Morgan fingerprint density at radius 2 is 2.17 bits per heavy atom. The summed E-state index contributed by atoms with van der Waals surface area (Å²) in [5.41, 5.74) is 2.42. The summed E-state index contributed by atoms with van der Waals surface area (Å²) in [6.45, 7) is 3.75. The van der Waals surface area contributed by atoms with Crippen LogP contribution in [0.3, 0.4) is 0 Å². The second kappa shape index (κ2) is 3.22. The zero-order valence-electron chi connectivity index (χ0n) is 7.47. The largest absolute Gasteiger partial charge is 0.373 e. The number of aromatic nitrogens is 1. The Labute approximate surface area is 72.1 Å². The minimum Gasteiger partial charge on any atom is -0.373 e. The molecular formula is C9H11N3. The molecule has 12 heavy (non-hydrogen) atoms. The molecule has 1 aromatic rings. The van der Waals surface area contributed by atoms with Crippen molar-refractivity contribution in [2.24, 2.45) is 0 Å². The first-order valence-corrected chi connectivity index (χ1v) is 3.75. The Kier molecular flexibility index (Phi) is 2.29. The van der Waals surface area contributed by atoms with Gasteiger partial charge < -0.3 is 5.32 Å². The van der Waals surface area contributed by atoms with E-state index in [1.807, 2.05) is 27.0 Å². The molecule has 1 heterocycles. The molecule has 3 heteroatoms. The lowest BCUT2D eigenvalue weighted by molar-refractivity contribution is 1.14. The minimum atomic E-state index is 0.675. The Hall–Kier alpha value is -1.56. The van der Waals surface area contributed by atoms with E-state index < -0.39 is 0 Å². The predicted molar refractivity (Wildman–Crippen MR) is 48.0 cm³/mol. The molecule has 0 aliphatic heterocycles. The molecule has 0 aliphatic carbocycles. The van der Waals surface area contributed by atoms with Gasteiger partial charge in [-0.2, -0.15) is 5.26 Å². The SMILES string of the molecule is CNc1cc(C)c(C#N)c(C)n1. The van der Waals surface area contributed by atoms with E-state index in [2.05, 4.69) is 16.4 Å². The van der Waals surface area contributed by atoms with Gasteiger partial charge in [0.1, 0.15) is 11.9 Å². The van der Waals surface area contributed by atoms with Gasteiger partial charge in [-0.25, -0.2) is 4.98 Å². The van der Waals surface area contributed by atoms with Crippen LogP contribution in [0.5, 0.6) is 0 Å². The number of nitrogens with zero attached hydrogens (tertiary/aromatic N) is 2. The lowest BCUT2D eigenvalue weighted by atomic mass is 10.1. The Morgan fingerprint density at radius 1 is 1.50 bits per heavy atom. The maximum Gasteiger partial charge on any atom is 0.126 e. The van der Waals surface area contributed by atoms with Gasteiger partial charge in [0.2, 0.25) is 0 Å². The Bertz CT molecular complexity index is 313. The van der Waals surface area contributed by atoms with Crippen LogP contribution in [0.25, 0.3) is 0 Å². The van der Waals surface area contributed by atoms with Gasteiger partial charge in [-0.1, -0.05) is 0 Å². The van der Waals surface area contributed by atoms with Gasteiger partial charge in [0, 0.05) is 7.05 Å². The summed E-state index contributed by atoms with van der Waals surface area (Å²) >= 11 is 0. The zero-order chi connectivity index (χ0) is 9.14. The first-order chi connectivity index (χ1) is 5.69. The third kappa shape index (κ3) is 1.37. The molecule has 0 saturated carbocycles. The minimum absolute atomic E-state index is 0.675. The zero-order valence-corrected chi connectivity index (χ0v) is 7.47. The van der Waals surface area contributed by atoms with E-state index in [1.165, 1.54) is 0 Å². The molecule has 0 aromatic carbocycles. The quantitative estimate of drug-likeness (QED) is 0.680. The van der Waals surface area contributed by atoms with Gasteiger partial charge in [0.05, 0.1) is 11.3 Å². The molecule has 1 rings (SSSR count). The van der Waals surface area contributed by atoms with E-state index in [4.69, 9.17) is 5.26 Å². The molecule has 0 unspecified atom stereocenters. The van der Waals surface area contributed by atoms with E-state index in [1.54, 1.807) is 0 Å². The summed E-state index contributed by atoms with van der Waals surface area (Å²) in [6, 6.07) is 3.99. The summed E-state index contributed by atoms with van der Waals surface area (Å²) in [5, 5.41) is 11.7. The van der Waals surface area contributed by atoms with E-state index in [0.717, 1.165) is 17.1 Å². The van der Waals surface area contributed by atoms with Crippen molar-refractivity contribution >= 4 is 5.82 Å². The van der Waals surface area contributed by atoms with Crippen molar-refractivity contribution in [3.63, 3.8) is 0 Å². The van der Waals surface area contributed by atoms with Crippen LogP contribution in [0.15, 0.2) is 6.07 Å². The van der Waals surface area contributed by atoms with E-state index in [9.17, 15) is 0 Å². The van der Waals surface area contributed by atoms with Gasteiger partial charge in [-0.3, -0.25) is 0 Å². The number of rotatable bonds is 1. The maximum atomic E-state index is 8.75. The van der Waals surface area contributed by atoms with Gasteiger partial charge >= 0.3 is 0 Å². The van der Waals surface area contributed by atoms with Crippen LogP contribution in [-0.2, 0) is 0 Å². The smallest absolute Gasteiger partial charge is 0.126 e. The van der Waals surface area contributed by atoms with Crippen molar-refractivity contribution in [2.75, 3.05) is 12.4 Å². The number of aryl methyl sites for hydroxylation is 2. The maximum absolute atomic E-state index is 8.75. The van der Waals surface area contributed by atoms with E-state index >= 15 is 0 Å². The van der Waals surface area contributed by atoms with Gasteiger partial charge in [-0.15, -0.1) is 0 Å². The highest BCUT2D eigenvalue weighted by molar-refractivity contribution is 5.48. The third-order valence-electron chi connectivity index (χ3n) is 1.77. The second-order valence-electron chi connectivity index (χ2n) is 2.65. The normalized spacial score (nSPS) is 9.17. The van der Waals surface area contributed by atoms with Crippen LogP contribution < -0.4 is 5.32 Å². The highest BCUT2D eigenvalue weighted by Crippen LogP contribution is 2.14. The molecule has 0 saturated heterocycles. The van der Waals surface area contributed by atoms with Crippen molar-refractivity contribution in [2.45, 2.75) is 13.8 Å². The molecule has 0 amide bonds. The van der Waals surface area contributed by atoms with Crippen LogP contribution >= 0.6 is 0 Å². The fourth-order valence-corrected chi connectivity index (χ4v) is 1.13. The Balaban J connectivity index is 3.30. The fraction of sp³-hybridized carbons (Fsp3) is 0.333. The van der Waals surface area contributed by atoms with Gasteiger partial charge in [0.25, 0.3) is 0 Å². The van der Waals surface area contributed by atoms with Crippen molar-refractivity contribution < 1.29 is 0 Å². The molecule has 3 nitrogen and oxygen atoms in total. The summed E-state index contributed by atoms with van der Waals surface area (Å²) in [5.74, 6) is 0.809. The van der Waals surface area contributed by atoms with Gasteiger partial charge in [-0.05, 0) is 25.5 Å². The molecular weight excluding hydrogens is 150 g/mol. The number of nitrogens with one attached hydrogen (secondary N) is 1. The second-order valence-corrected chi connectivity index (χ2v) is 2.65. The highest BCUT2D eigenvalue weighted by atomic mass is 15.0. The lowest BCUT2D eigenvalue weighted by Gasteiger charge is -2.04. The summed E-state index contributed by atoms with van der Waals surface area (Å²) in [7, 11) is 1.81. The first kappa shape index (κ1) is 8.54. The summed E-state index contributed by atoms with van der Waals surface area (Å²) in [6.07, 6.45) is 0. The molecule has 1 aromatic heterocycles. The number of pyridine rings is 1. The molecule has 0 atom stereocenters. The van der Waals surface area contributed by atoms with Crippen molar-refractivity contribution in [3.8, 4) is 6.07 Å². The topological polar surface area (TPSA) is 48.7 Å². The number of hydrogen-bond acceptors (Lipinski definition) is 3. The molecule has 0 aliphatic rings. The number of hydrogen-bond donors (Lipinski definition) is 1. The van der Waals surface area contributed by atoms with Crippen LogP contribution in [0, 0.1) is 25.2 Å². The monoisotopic (exact) mass is 161 g/mol. The predicted octanol–water partition coefficient (Wildman–Crippen LogP) is 1.61. The summed E-state index contributed by atoms with van der Waals surface area (Å²) < 4.78 is 0. The first-order valence-electron chi connectivity index (χ1n) is 3.75. The van der Waals surface area contributed by atoms with E-state index in [0.29, 0.717) is 5.56 Å². The summed E-state index contributed by atoms with van der Waals surface area (Å²) in [4.78, 5) is 4.19. The third-order valence-corrected chi connectivity index (χ3v) is 1.77. The molecule has 62 valence electrons. The number of anilines is 1. The molecule has 0 bridgehead atoms. The van der Waals surface area contributed by atoms with Crippen LogP contribution in [0.1, 0.15) is 16.8 Å². The lowest BCUT2D eigenvalue weighted by Crippen LogP contribution is -1.98. The standard InChI is InChI=1S/C9H11N3/c1-6-4-9(11-3)12-7(2)8(6)5-10/h4H,1-3H3,(H,11,12). The van der Waals surface area contributed by atoms with Crippen LogP contribution in [0.4, 0.5) is 5.82 Å².